The molecule has 0 bridgehead atoms. The van der Waals surface area contributed by atoms with Gasteiger partial charge in [0.15, 0.2) is 5.72 Å². The van der Waals surface area contributed by atoms with Crippen LogP contribution in [0, 0.1) is 0 Å². The maximum atomic E-state index is 12.8. The Bertz CT molecular complexity index is 1000. The van der Waals surface area contributed by atoms with Gasteiger partial charge in [-0.15, -0.1) is 0 Å². The molecule has 0 aliphatic carbocycles. The van der Waals surface area contributed by atoms with E-state index >= 15 is 0 Å². The third kappa shape index (κ3) is 2.39. The van der Waals surface area contributed by atoms with Crippen LogP contribution in [0.5, 0.6) is 0 Å². The van der Waals surface area contributed by atoms with E-state index in [1.54, 1.807) is 15.9 Å². The van der Waals surface area contributed by atoms with E-state index in [-0.39, 0.29) is 36.3 Å². The van der Waals surface area contributed by atoms with Crippen molar-refractivity contribution in [3.63, 3.8) is 0 Å². The fourth-order valence-corrected chi connectivity index (χ4v) is 4.70. The molecule has 1 aromatic heterocycles. The molecule has 3 fully saturated rings. The number of hydrogen-bond acceptors (Lipinski definition) is 5. The van der Waals surface area contributed by atoms with E-state index in [9.17, 15) is 14.4 Å². The normalized spacial score (nSPS) is 26.7. The number of nitrogens with zero attached hydrogens (tertiary/aromatic N) is 3. The fourth-order valence-electron chi connectivity index (χ4n) is 4.70. The number of hydrogen-bond donors (Lipinski definition) is 1. The van der Waals surface area contributed by atoms with Crippen LogP contribution < -0.4 is 5.56 Å². The standard InChI is InChI=1S/C19H20N4O4/c24-16(6-5-14-18(26)21-13-4-2-1-3-12(13)20-14)22-8-7-19-15(22)11-17(25)23(19)9-10-27-19/h1-4,15H,5-11H2,(H,21,26)/t15-,19+/m1/s1. The molecular weight excluding hydrogens is 348 g/mol. The van der Waals surface area contributed by atoms with E-state index in [1.165, 1.54) is 0 Å². The summed E-state index contributed by atoms with van der Waals surface area (Å²) in [4.78, 5) is 48.1. The topological polar surface area (TPSA) is 95.6 Å². The fraction of sp³-hybridized carbons (Fsp3) is 0.474. The smallest absolute Gasteiger partial charge is 0.270 e. The maximum Gasteiger partial charge on any atom is 0.270 e. The molecule has 3 saturated heterocycles. The molecule has 2 atom stereocenters. The molecule has 1 aromatic carbocycles. The second-order valence-corrected chi connectivity index (χ2v) is 7.33. The van der Waals surface area contributed by atoms with Crippen LogP contribution in [0.4, 0.5) is 0 Å². The minimum absolute atomic E-state index is 0.0580. The number of aromatic amines is 1. The van der Waals surface area contributed by atoms with Crippen molar-refractivity contribution in [2.75, 3.05) is 19.7 Å². The number of benzene rings is 1. The van der Waals surface area contributed by atoms with Gasteiger partial charge in [0.25, 0.3) is 5.56 Å². The van der Waals surface area contributed by atoms with Crippen LogP contribution in [0.25, 0.3) is 11.0 Å². The van der Waals surface area contributed by atoms with Crippen LogP contribution in [0.1, 0.15) is 25.0 Å². The summed E-state index contributed by atoms with van der Waals surface area (Å²) in [6, 6.07) is 7.10. The summed E-state index contributed by atoms with van der Waals surface area (Å²) in [7, 11) is 0. The van der Waals surface area contributed by atoms with Crippen molar-refractivity contribution in [3.8, 4) is 0 Å². The Morgan fingerprint density at radius 2 is 2.15 bits per heavy atom. The molecular formula is C19H20N4O4. The van der Waals surface area contributed by atoms with Gasteiger partial charge in [-0.25, -0.2) is 4.98 Å². The molecule has 5 rings (SSSR count). The maximum absolute atomic E-state index is 12.8. The van der Waals surface area contributed by atoms with E-state index in [1.807, 2.05) is 18.2 Å². The zero-order valence-corrected chi connectivity index (χ0v) is 14.8. The van der Waals surface area contributed by atoms with Crippen molar-refractivity contribution in [3.05, 3.63) is 40.3 Å². The van der Waals surface area contributed by atoms with Gasteiger partial charge in [0.2, 0.25) is 11.8 Å². The van der Waals surface area contributed by atoms with Crippen molar-refractivity contribution >= 4 is 22.8 Å². The Morgan fingerprint density at radius 1 is 1.30 bits per heavy atom. The largest absolute Gasteiger partial charge is 0.351 e. The molecule has 3 aliphatic rings. The Kier molecular flexibility index (Phi) is 3.58. The van der Waals surface area contributed by atoms with Crippen molar-refractivity contribution in [1.29, 1.82) is 0 Å². The third-order valence-electron chi connectivity index (χ3n) is 5.97. The minimum Gasteiger partial charge on any atom is -0.351 e. The summed E-state index contributed by atoms with van der Waals surface area (Å²) in [6.07, 6.45) is 1.44. The molecule has 4 heterocycles. The Labute approximate surface area is 155 Å². The van der Waals surface area contributed by atoms with Crippen LogP contribution in [-0.4, -0.2) is 63.0 Å². The zero-order chi connectivity index (χ0) is 18.6. The second kappa shape index (κ2) is 5.88. The first kappa shape index (κ1) is 16.4. The van der Waals surface area contributed by atoms with Crippen molar-refractivity contribution in [2.24, 2.45) is 0 Å². The molecule has 0 unspecified atom stereocenters. The Hall–Kier alpha value is -2.74. The summed E-state index contributed by atoms with van der Waals surface area (Å²) in [5, 5.41) is 0. The molecule has 27 heavy (non-hydrogen) atoms. The summed E-state index contributed by atoms with van der Waals surface area (Å²) in [5.74, 6) is -0.000904. The van der Waals surface area contributed by atoms with E-state index in [0.717, 1.165) is 0 Å². The molecule has 0 radical (unpaired) electrons. The van der Waals surface area contributed by atoms with Crippen LogP contribution >= 0.6 is 0 Å². The Balaban J connectivity index is 1.33. The zero-order valence-electron chi connectivity index (χ0n) is 14.8. The first-order valence-corrected chi connectivity index (χ1v) is 9.30. The van der Waals surface area contributed by atoms with Crippen LogP contribution in [0.3, 0.4) is 0 Å². The van der Waals surface area contributed by atoms with Crippen LogP contribution in [0.15, 0.2) is 29.1 Å². The average molecular weight is 368 g/mol. The van der Waals surface area contributed by atoms with Gasteiger partial charge >= 0.3 is 0 Å². The number of aryl methyl sites for hydroxylation is 1. The predicted octanol–water partition coefficient (Wildman–Crippen LogP) is 0.415. The number of likely N-dealkylation sites (tertiary alicyclic amines) is 1. The highest BCUT2D eigenvalue weighted by Crippen LogP contribution is 2.45. The summed E-state index contributed by atoms with van der Waals surface area (Å²) >= 11 is 0. The summed E-state index contributed by atoms with van der Waals surface area (Å²) < 4.78 is 5.91. The van der Waals surface area contributed by atoms with Gasteiger partial charge in [0.05, 0.1) is 30.1 Å². The highest BCUT2D eigenvalue weighted by atomic mass is 16.5. The number of para-hydroxylation sites is 2. The van der Waals surface area contributed by atoms with Crippen molar-refractivity contribution in [2.45, 2.75) is 37.5 Å². The molecule has 0 saturated carbocycles. The first-order chi connectivity index (χ1) is 13.1. The van der Waals surface area contributed by atoms with Gasteiger partial charge < -0.3 is 19.5 Å². The highest BCUT2D eigenvalue weighted by molar-refractivity contribution is 5.84. The number of nitrogens with one attached hydrogen (secondary N) is 1. The summed E-state index contributed by atoms with van der Waals surface area (Å²) in [6.45, 7) is 1.71. The lowest BCUT2D eigenvalue weighted by atomic mass is 10.1. The van der Waals surface area contributed by atoms with Gasteiger partial charge in [-0.05, 0) is 12.1 Å². The third-order valence-corrected chi connectivity index (χ3v) is 5.97. The van der Waals surface area contributed by atoms with E-state index in [0.29, 0.717) is 49.3 Å². The van der Waals surface area contributed by atoms with Crippen molar-refractivity contribution in [1.82, 2.24) is 19.8 Å². The molecule has 2 aromatic rings. The number of H-pyrrole nitrogens is 1. The minimum atomic E-state index is -0.620. The number of ether oxygens (including phenoxy) is 1. The predicted molar refractivity (Wildman–Crippen MR) is 95.8 cm³/mol. The highest BCUT2D eigenvalue weighted by Gasteiger charge is 2.62. The molecule has 3 aliphatic heterocycles. The Morgan fingerprint density at radius 3 is 3.04 bits per heavy atom. The van der Waals surface area contributed by atoms with E-state index in [4.69, 9.17) is 4.74 Å². The van der Waals surface area contributed by atoms with E-state index in [2.05, 4.69) is 9.97 Å². The quantitative estimate of drug-likeness (QED) is 0.847. The molecule has 1 N–H and O–H groups in total. The van der Waals surface area contributed by atoms with Gasteiger partial charge in [-0.3, -0.25) is 14.4 Å². The second-order valence-electron chi connectivity index (χ2n) is 7.33. The number of rotatable bonds is 3. The summed E-state index contributed by atoms with van der Waals surface area (Å²) in [5.41, 5.74) is 0.863. The van der Waals surface area contributed by atoms with Gasteiger partial charge in [-0.2, -0.15) is 0 Å². The van der Waals surface area contributed by atoms with Gasteiger partial charge in [0.1, 0.15) is 5.69 Å². The molecule has 8 nitrogen and oxygen atoms in total. The van der Waals surface area contributed by atoms with Crippen LogP contribution in [-0.2, 0) is 20.7 Å². The number of amides is 2. The molecule has 2 amide bonds. The average Bonchev–Trinajstić information content (AvgIpc) is 3.31. The number of carbonyl (C=O) groups excluding carboxylic acids is 2. The number of fused-ring (bicyclic) bond motifs is 1. The van der Waals surface area contributed by atoms with Gasteiger partial charge in [-0.1, -0.05) is 12.1 Å². The molecule has 8 heteroatoms. The monoisotopic (exact) mass is 368 g/mol. The van der Waals surface area contributed by atoms with Crippen LogP contribution in [0.2, 0.25) is 0 Å². The number of aromatic nitrogens is 2. The molecule has 140 valence electrons. The first-order valence-electron chi connectivity index (χ1n) is 9.30. The lowest BCUT2D eigenvalue weighted by Crippen LogP contribution is -2.48. The van der Waals surface area contributed by atoms with E-state index < -0.39 is 5.72 Å². The lowest BCUT2D eigenvalue weighted by molar-refractivity contribution is -0.139. The SMILES string of the molecule is O=C(CCc1nc2ccccc2[nH]c1=O)N1CC[C@@]23OCCN2C(=O)C[C@@H]13. The van der Waals surface area contributed by atoms with Gasteiger partial charge in [0, 0.05) is 32.4 Å². The molecule has 1 spiro atoms. The number of carbonyl (C=O) groups is 2. The van der Waals surface area contributed by atoms with Crippen molar-refractivity contribution < 1.29 is 14.3 Å². The lowest BCUT2D eigenvalue weighted by Gasteiger charge is -2.31.